The molecule has 0 fully saturated rings. The SMILES string of the molecule is Cc1ccc(P(=O)(c2ccc(C)cc2)c2ccc(-c3ccc(-c4ccc(P(=O)(c5ccc(C(F)(F)F)cc5)c5ccc(C(F)(F)F)cc5)cc4)cc3)cc2)cc1. The Morgan fingerprint density at radius 1 is 0.304 bits per heavy atom. The minimum absolute atomic E-state index is 0.0578. The molecule has 0 aromatic heterocycles. The molecule has 56 heavy (non-hydrogen) atoms. The second-order valence-corrected chi connectivity index (χ2v) is 19.2. The Kier molecular flexibility index (Phi) is 10.3. The van der Waals surface area contributed by atoms with Gasteiger partial charge < -0.3 is 9.13 Å². The number of halogens is 6. The van der Waals surface area contributed by atoms with E-state index in [0.717, 1.165) is 97.8 Å². The van der Waals surface area contributed by atoms with Gasteiger partial charge in [0.1, 0.15) is 0 Å². The van der Waals surface area contributed by atoms with Crippen molar-refractivity contribution >= 4 is 46.1 Å². The summed E-state index contributed by atoms with van der Waals surface area (Å²) in [5.74, 6) is 0. The normalized spacial score (nSPS) is 12.4. The van der Waals surface area contributed by atoms with Crippen molar-refractivity contribution in [3.05, 3.63) is 192 Å². The summed E-state index contributed by atoms with van der Waals surface area (Å²) in [4.78, 5) is 0. The molecular weight excluding hydrogens is 760 g/mol. The maximum absolute atomic E-state index is 14.9. The van der Waals surface area contributed by atoms with Crippen LogP contribution in [-0.4, -0.2) is 0 Å². The first kappa shape index (κ1) is 38.8. The van der Waals surface area contributed by atoms with Crippen molar-refractivity contribution in [1.82, 2.24) is 0 Å². The van der Waals surface area contributed by atoms with Gasteiger partial charge in [0, 0.05) is 31.8 Å². The quantitative estimate of drug-likeness (QED) is 0.113. The van der Waals surface area contributed by atoms with Crippen LogP contribution in [-0.2, 0) is 21.5 Å². The average Bonchev–Trinajstić information content (AvgIpc) is 3.20. The summed E-state index contributed by atoms with van der Waals surface area (Å²) in [7, 11) is -7.05. The van der Waals surface area contributed by atoms with Crippen molar-refractivity contribution in [2.75, 3.05) is 0 Å². The van der Waals surface area contributed by atoms with Gasteiger partial charge in [0.25, 0.3) is 0 Å². The van der Waals surface area contributed by atoms with Crippen molar-refractivity contribution in [1.29, 1.82) is 0 Å². The van der Waals surface area contributed by atoms with Gasteiger partial charge in [0.15, 0.2) is 14.3 Å². The van der Waals surface area contributed by atoms with E-state index in [1.807, 2.05) is 111 Å². The van der Waals surface area contributed by atoms with Crippen LogP contribution in [0.3, 0.4) is 0 Å². The van der Waals surface area contributed by atoms with Gasteiger partial charge in [0.2, 0.25) is 0 Å². The number of hydrogen-bond donors (Lipinski definition) is 0. The number of benzene rings is 7. The van der Waals surface area contributed by atoms with Gasteiger partial charge in [-0.3, -0.25) is 0 Å². The highest BCUT2D eigenvalue weighted by atomic mass is 31.2. The number of alkyl halides is 6. The molecule has 0 amide bonds. The van der Waals surface area contributed by atoms with Crippen LogP contribution in [0.2, 0.25) is 0 Å². The second-order valence-electron chi connectivity index (χ2n) is 13.7. The molecule has 2 nitrogen and oxygen atoms in total. The van der Waals surface area contributed by atoms with Crippen LogP contribution in [0.4, 0.5) is 26.3 Å². The summed E-state index contributed by atoms with van der Waals surface area (Å²) in [6, 6.07) is 45.5. The standard InChI is InChI=1S/C46H34F6O2P2/c1-31-3-19-39(20-4-31)55(53,40-21-5-32(2)6-22-40)41-23-11-35(12-24-41)33-7-9-34(10-8-33)36-13-25-42(26-14-36)56(54,43-27-15-37(16-28-43)45(47,48)49)44-29-17-38(18-30-44)46(50,51)52/h3-30H,1-2H3. The fourth-order valence-electron chi connectivity index (χ4n) is 6.71. The molecule has 0 saturated heterocycles. The molecule has 0 unspecified atom stereocenters. The molecule has 0 atom stereocenters. The van der Waals surface area contributed by atoms with Crippen LogP contribution in [0.25, 0.3) is 22.3 Å². The first-order chi connectivity index (χ1) is 26.6. The average molecular weight is 795 g/mol. The molecular formula is C46H34F6O2P2. The summed E-state index contributed by atoms with van der Waals surface area (Å²) in [5.41, 5.74) is 3.73. The maximum atomic E-state index is 14.9. The minimum atomic E-state index is -4.62. The Morgan fingerprint density at radius 3 is 0.696 bits per heavy atom. The summed E-state index contributed by atoms with van der Waals surface area (Å²) >= 11 is 0. The van der Waals surface area contributed by atoms with Crippen LogP contribution in [0.15, 0.2) is 170 Å². The molecule has 7 aromatic rings. The number of aryl methyl sites for hydroxylation is 2. The predicted octanol–water partition coefficient (Wildman–Crippen LogP) is 11.0. The zero-order valence-corrected chi connectivity index (χ0v) is 31.9. The number of rotatable bonds is 8. The summed E-state index contributed by atoms with van der Waals surface area (Å²) in [6.07, 6.45) is -9.24. The van der Waals surface area contributed by atoms with Gasteiger partial charge in [-0.05, 0) is 60.4 Å². The molecule has 0 aliphatic carbocycles. The molecule has 0 aliphatic rings. The fourth-order valence-corrected chi connectivity index (χ4v) is 11.9. The van der Waals surface area contributed by atoms with E-state index in [9.17, 15) is 35.5 Å². The van der Waals surface area contributed by atoms with Crippen LogP contribution >= 0.6 is 14.3 Å². The largest absolute Gasteiger partial charge is 0.416 e. The molecule has 0 spiro atoms. The van der Waals surface area contributed by atoms with Crippen molar-refractivity contribution < 1.29 is 35.5 Å². The zero-order chi connectivity index (χ0) is 39.9. The molecule has 0 radical (unpaired) electrons. The lowest BCUT2D eigenvalue weighted by Crippen LogP contribution is -2.25. The third kappa shape index (κ3) is 7.56. The van der Waals surface area contributed by atoms with E-state index in [1.54, 1.807) is 24.3 Å². The second kappa shape index (κ2) is 14.9. The monoisotopic (exact) mass is 794 g/mol. The third-order valence-corrected chi connectivity index (χ3v) is 16.1. The van der Waals surface area contributed by atoms with Crippen molar-refractivity contribution in [3.8, 4) is 22.3 Å². The van der Waals surface area contributed by atoms with Crippen molar-refractivity contribution in [2.45, 2.75) is 26.2 Å². The van der Waals surface area contributed by atoms with Gasteiger partial charge >= 0.3 is 12.4 Å². The molecule has 282 valence electrons. The molecule has 0 aliphatic heterocycles. The Hall–Kier alpha value is -5.42. The Balaban J connectivity index is 1.18. The molecule has 7 rings (SSSR count). The lowest BCUT2D eigenvalue weighted by atomic mass is 10.0. The third-order valence-electron chi connectivity index (χ3n) is 9.93. The van der Waals surface area contributed by atoms with Gasteiger partial charge in [0.05, 0.1) is 11.1 Å². The minimum Gasteiger partial charge on any atom is -0.309 e. The first-order valence-electron chi connectivity index (χ1n) is 17.6. The van der Waals surface area contributed by atoms with Crippen molar-refractivity contribution in [2.24, 2.45) is 0 Å². The molecule has 7 aromatic carbocycles. The van der Waals surface area contributed by atoms with Crippen LogP contribution in [0, 0.1) is 13.8 Å². The molecule has 0 heterocycles. The van der Waals surface area contributed by atoms with E-state index in [4.69, 9.17) is 0 Å². The molecule has 0 saturated carbocycles. The highest BCUT2D eigenvalue weighted by Gasteiger charge is 2.36. The van der Waals surface area contributed by atoms with E-state index in [0.29, 0.717) is 0 Å². The van der Waals surface area contributed by atoms with Gasteiger partial charge in [-0.1, -0.05) is 157 Å². The maximum Gasteiger partial charge on any atom is 0.416 e. The van der Waals surface area contributed by atoms with Crippen LogP contribution in [0.5, 0.6) is 0 Å². The van der Waals surface area contributed by atoms with Crippen LogP contribution in [0.1, 0.15) is 22.3 Å². The Bertz CT molecular complexity index is 2450. The van der Waals surface area contributed by atoms with E-state index in [2.05, 4.69) is 0 Å². The van der Waals surface area contributed by atoms with Gasteiger partial charge in [-0.15, -0.1) is 0 Å². The van der Waals surface area contributed by atoms with Gasteiger partial charge in [-0.25, -0.2) is 0 Å². The smallest absolute Gasteiger partial charge is 0.309 e. The van der Waals surface area contributed by atoms with Crippen LogP contribution < -0.4 is 31.8 Å². The Labute approximate surface area is 321 Å². The van der Waals surface area contributed by atoms with Crippen molar-refractivity contribution in [3.63, 3.8) is 0 Å². The summed E-state index contributed by atoms with van der Waals surface area (Å²) in [6.45, 7) is 3.99. The summed E-state index contributed by atoms with van der Waals surface area (Å²) in [5, 5.41) is 2.60. The Morgan fingerprint density at radius 2 is 0.482 bits per heavy atom. The summed E-state index contributed by atoms with van der Waals surface area (Å²) < 4.78 is 110. The molecule has 0 N–H and O–H groups in total. The highest BCUT2D eigenvalue weighted by Crippen LogP contribution is 2.45. The molecule has 10 heteroatoms. The van der Waals surface area contributed by atoms with E-state index >= 15 is 0 Å². The predicted molar refractivity (Wildman–Crippen MR) is 216 cm³/mol. The van der Waals surface area contributed by atoms with E-state index in [-0.39, 0.29) is 15.9 Å². The first-order valence-corrected chi connectivity index (χ1v) is 21.0. The lowest BCUT2D eigenvalue weighted by Gasteiger charge is -2.21. The fraction of sp³-hybridized carbons (Fsp3) is 0.0870. The van der Waals surface area contributed by atoms with Gasteiger partial charge in [-0.2, -0.15) is 26.3 Å². The topological polar surface area (TPSA) is 34.1 Å². The number of hydrogen-bond acceptors (Lipinski definition) is 2. The zero-order valence-electron chi connectivity index (χ0n) is 30.1. The molecule has 0 bridgehead atoms. The van der Waals surface area contributed by atoms with E-state index in [1.165, 1.54) is 0 Å². The highest BCUT2D eigenvalue weighted by molar-refractivity contribution is 7.85. The van der Waals surface area contributed by atoms with E-state index < -0.39 is 37.8 Å². The lowest BCUT2D eigenvalue weighted by molar-refractivity contribution is -0.138.